The highest BCUT2D eigenvalue weighted by Crippen LogP contribution is 2.26. The maximum Gasteiger partial charge on any atom is 0.330 e. The molecule has 1 rings (SSSR count). The minimum absolute atomic E-state index is 0.476. The number of ether oxygens (including phenoxy) is 2. The van der Waals surface area contributed by atoms with Crippen LogP contribution in [0.15, 0.2) is 36.4 Å². The smallest absolute Gasteiger partial charge is 0.330 e. The van der Waals surface area contributed by atoms with Crippen molar-refractivity contribution in [1.29, 1.82) is 0 Å². The summed E-state index contributed by atoms with van der Waals surface area (Å²) in [6, 6.07) is 3.40. The van der Waals surface area contributed by atoms with Crippen LogP contribution in [0.1, 0.15) is 18.1 Å². The molecule has 2 amide bonds. The molecule has 0 saturated heterocycles. The van der Waals surface area contributed by atoms with Crippen LogP contribution in [-0.2, 0) is 35.1 Å². The number of anilines is 2. The van der Waals surface area contributed by atoms with Gasteiger partial charge >= 0.3 is 11.9 Å². The van der Waals surface area contributed by atoms with Crippen molar-refractivity contribution in [3.05, 3.63) is 47.6 Å². The molecule has 0 aliphatic carbocycles. The molecular weight excluding hydrogens is 352 g/mol. The fourth-order valence-corrected chi connectivity index (χ4v) is 2.16. The summed E-state index contributed by atoms with van der Waals surface area (Å²) in [6.45, 7) is 3.68. The van der Waals surface area contributed by atoms with Crippen LogP contribution in [0.4, 0.5) is 11.4 Å². The number of aryl methyl sites for hydroxylation is 2. The largest absolute Gasteiger partial charge is 0.466 e. The van der Waals surface area contributed by atoms with E-state index in [2.05, 4.69) is 20.1 Å². The van der Waals surface area contributed by atoms with Crippen molar-refractivity contribution in [3.8, 4) is 0 Å². The van der Waals surface area contributed by atoms with Crippen molar-refractivity contribution < 1.29 is 28.7 Å². The molecule has 0 aliphatic rings. The molecule has 8 nitrogen and oxygen atoms in total. The first-order valence-electron chi connectivity index (χ1n) is 8.08. The molecule has 0 aromatic heterocycles. The summed E-state index contributed by atoms with van der Waals surface area (Å²) in [7, 11) is 2.44. The van der Waals surface area contributed by atoms with E-state index in [-0.39, 0.29) is 0 Å². The number of rotatable bonds is 7. The molecule has 0 heterocycles. The molecular formula is C19H22N2O6. The zero-order chi connectivity index (χ0) is 20.4. The number of esters is 2. The SMILES string of the molecule is CCc1cc(NC(=O)/C=C\C(=O)OC)cc(C)c1NC(=O)/C=C\C(=O)OC. The van der Waals surface area contributed by atoms with E-state index in [4.69, 9.17) is 0 Å². The minimum Gasteiger partial charge on any atom is -0.466 e. The number of methoxy groups -OCH3 is 2. The zero-order valence-corrected chi connectivity index (χ0v) is 15.6. The summed E-state index contributed by atoms with van der Waals surface area (Å²) in [5, 5.41) is 5.36. The number of benzene rings is 1. The van der Waals surface area contributed by atoms with E-state index < -0.39 is 23.8 Å². The zero-order valence-electron chi connectivity index (χ0n) is 15.6. The van der Waals surface area contributed by atoms with Crippen LogP contribution >= 0.6 is 0 Å². The Labute approximate surface area is 157 Å². The second kappa shape index (κ2) is 10.5. The van der Waals surface area contributed by atoms with Gasteiger partial charge in [0.15, 0.2) is 0 Å². The molecule has 27 heavy (non-hydrogen) atoms. The molecule has 0 aliphatic heterocycles. The first-order valence-corrected chi connectivity index (χ1v) is 8.08. The second-order valence-corrected chi connectivity index (χ2v) is 5.37. The molecule has 1 aromatic rings. The average Bonchev–Trinajstić information content (AvgIpc) is 2.65. The number of carbonyl (C=O) groups is 4. The molecule has 0 unspecified atom stereocenters. The minimum atomic E-state index is -0.631. The maximum atomic E-state index is 12.0. The van der Waals surface area contributed by atoms with E-state index in [9.17, 15) is 19.2 Å². The lowest BCUT2D eigenvalue weighted by Crippen LogP contribution is -2.14. The van der Waals surface area contributed by atoms with E-state index in [1.54, 1.807) is 19.1 Å². The topological polar surface area (TPSA) is 111 Å². The Morgan fingerprint density at radius 2 is 1.41 bits per heavy atom. The molecule has 0 radical (unpaired) electrons. The molecule has 1 aromatic carbocycles. The van der Waals surface area contributed by atoms with Gasteiger partial charge in [0.05, 0.1) is 14.2 Å². The highest BCUT2D eigenvalue weighted by Gasteiger charge is 2.11. The molecule has 0 saturated carbocycles. The predicted molar refractivity (Wildman–Crippen MR) is 100 cm³/mol. The molecule has 0 fully saturated rings. The summed E-state index contributed by atoms with van der Waals surface area (Å²) < 4.78 is 8.85. The normalized spacial score (nSPS) is 10.7. The van der Waals surface area contributed by atoms with Gasteiger partial charge in [-0.25, -0.2) is 9.59 Å². The van der Waals surface area contributed by atoms with E-state index >= 15 is 0 Å². The lowest BCUT2D eigenvalue weighted by Gasteiger charge is -2.15. The van der Waals surface area contributed by atoms with Crippen molar-refractivity contribution in [2.75, 3.05) is 24.9 Å². The van der Waals surface area contributed by atoms with Gasteiger partial charge in [-0.15, -0.1) is 0 Å². The predicted octanol–water partition coefficient (Wildman–Crippen LogP) is 1.89. The number of nitrogens with one attached hydrogen (secondary N) is 2. The molecule has 8 heteroatoms. The van der Waals surface area contributed by atoms with Gasteiger partial charge in [-0.3, -0.25) is 9.59 Å². The van der Waals surface area contributed by atoms with Crippen molar-refractivity contribution in [2.24, 2.45) is 0 Å². The van der Waals surface area contributed by atoms with Crippen molar-refractivity contribution in [3.63, 3.8) is 0 Å². The molecule has 0 spiro atoms. The first kappa shape index (κ1) is 21.6. The maximum absolute atomic E-state index is 12.0. The Balaban J connectivity index is 2.95. The van der Waals surface area contributed by atoms with Crippen molar-refractivity contribution in [2.45, 2.75) is 20.3 Å². The standard InChI is InChI=1S/C19H22N2O6/c1-5-13-11-14(20-15(22)6-8-17(24)26-3)10-12(2)19(13)21-16(23)7-9-18(25)27-4/h6-11H,5H2,1-4H3,(H,20,22)(H,21,23)/b8-6-,9-7-. The Morgan fingerprint density at radius 3 is 1.89 bits per heavy atom. The van der Waals surface area contributed by atoms with Gasteiger partial charge in [-0.2, -0.15) is 0 Å². The van der Waals surface area contributed by atoms with Crippen LogP contribution in [0.3, 0.4) is 0 Å². The third-order valence-corrected chi connectivity index (χ3v) is 3.46. The van der Waals surface area contributed by atoms with Crippen LogP contribution in [0.5, 0.6) is 0 Å². The van der Waals surface area contributed by atoms with Gasteiger partial charge in [-0.1, -0.05) is 6.92 Å². The van der Waals surface area contributed by atoms with Gasteiger partial charge in [0.1, 0.15) is 0 Å². The second-order valence-electron chi connectivity index (χ2n) is 5.37. The Hall–Kier alpha value is -3.42. The highest BCUT2D eigenvalue weighted by molar-refractivity contribution is 6.05. The molecule has 0 atom stereocenters. The number of hydrogen-bond donors (Lipinski definition) is 2. The third kappa shape index (κ3) is 7.15. The molecule has 2 N–H and O–H groups in total. The van der Waals surface area contributed by atoms with Crippen LogP contribution in [-0.4, -0.2) is 38.0 Å². The fourth-order valence-electron chi connectivity index (χ4n) is 2.16. The van der Waals surface area contributed by atoms with E-state index in [1.807, 2.05) is 6.92 Å². The Morgan fingerprint density at radius 1 is 0.889 bits per heavy atom. The highest BCUT2D eigenvalue weighted by atomic mass is 16.5. The third-order valence-electron chi connectivity index (χ3n) is 3.46. The van der Waals surface area contributed by atoms with E-state index in [1.165, 1.54) is 14.2 Å². The van der Waals surface area contributed by atoms with Crippen molar-refractivity contribution >= 4 is 35.1 Å². The van der Waals surface area contributed by atoms with Crippen molar-refractivity contribution in [1.82, 2.24) is 0 Å². The molecule has 144 valence electrons. The number of hydrogen-bond acceptors (Lipinski definition) is 6. The summed E-state index contributed by atoms with van der Waals surface area (Å²) in [6.07, 6.45) is 4.79. The van der Waals surface area contributed by atoms with Crippen LogP contribution in [0, 0.1) is 6.92 Å². The Bertz CT molecular complexity index is 796. The lowest BCUT2D eigenvalue weighted by molar-refractivity contribution is -0.135. The van der Waals surface area contributed by atoms with Gasteiger partial charge in [0.25, 0.3) is 0 Å². The van der Waals surface area contributed by atoms with Gasteiger partial charge < -0.3 is 20.1 Å². The van der Waals surface area contributed by atoms with Crippen LogP contribution in [0.25, 0.3) is 0 Å². The first-order chi connectivity index (χ1) is 12.8. The van der Waals surface area contributed by atoms with Gasteiger partial charge in [-0.05, 0) is 36.6 Å². The van der Waals surface area contributed by atoms with E-state index in [0.717, 1.165) is 35.4 Å². The summed E-state index contributed by atoms with van der Waals surface area (Å²) >= 11 is 0. The molecule has 0 bridgehead atoms. The summed E-state index contributed by atoms with van der Waals surface area (Å²) in [4.78, 5) is 45.9. The quantitative estimate of drug-likeness (QED) is 0.557. The lowest BCUT2D eigenvalue weighted by atomic mass is 10.0. The fraction of sp³-hybridized carbons (Fsp3) is 0.263. The Kier molecular flexibility index (Phi) is 8.44. The van der Waals surface area contributed by atoms with E-state index in [0.29, 0.717) is 17.8 Å². The number of carbonyl (C=O) groups excluding carboxylic acids is 4. The van der Waals surface area contributed by atoms with Crippen LogP contribution in [0.2, 0.25) is 0 Å². The number of amides is 2. The van der Waals surface area contributed by atoms with Gasteiger partial charge in [0, 0.05) is 35.7 Å². The average molecular weight is 374 g/mol. The monoisotopic (exact) mass is 374 g/mol. The van der Waals surface area contributed by atoms with Gasteiger partial charge in [0.2, 0.25) is 11.8 Å². The summed E-state index contributed by atoms with van der Waals surface area (Å²) in [5.74, 6) is -2.22. The van der Waals surface area contributed by atoms with Crippen LogP contribution < -0.4 is 10.6 Å². The summed E-state index contributed by atoms with van der Waals surface area (Å²) in [5.41, 5.74) is 2.63.